The van der Waals surface area contributed by atoms with Crippen molar-refractivity contribution >= 4 is 22.4 Å². The SMILES string of the molecule is C=[N+](C)CCS(C)(=O)=NC(C)=O. The zero-order valence-electron chi connectivity index (χ0n) is 7.74. The van der Waals surface area contributed by atoms with E-state index in [1.807, 2.05) is 0 Å². The van der Waals surface area contributed by atoms with Gasteiger partial charge in [0.05, 0.1) is 15.5 Å². The molecular formula is C7H15N2O2S+. The highest BCUT2D eigenvalue weighted by molar-refractivity contribution is 7.93. The first kappa shape index (κ1) is 11.3. The molecule has 0 heterocycles. The van der Waals surface area contributed by atoms with Gasteiger partial charge in [0.25, 0.3) is 5.91 Å². The largest absolute Gasteiger partial charge is 0.272 e. The molecule has 0 spiro atoms. The Bertz CT molecular complexity index is 301. The van der Waals surface area contributed by atoms with Crippen LogP contribution in [0.3, 0.4) is 0 Å². The minimum atomic E-state index is -2.33. The molecule has 0 radical (unpaired) electrons. The highest BCUT2D eigenvalue weighted by Crippen LogP contribution is 1.91. The summed E-state index contributed by atoms with van der Waals surface area (Å²) in [7, 11) is -0.551. The van der Waals surface area contributed by atoms with Crippen molar-refractivity contribution in [2.75, 3.05) is 25.6 Å². The van der Waals surface area contributed by atoms with Crippen LogP contribution in [0.2, 0.25) is 0 Å². The second-order valence-electron chi connectivity index (χ2n) is 2.85. The van der Waals surface area contributed by atoms with Gasteiger partial charge in [-0.1, -0.05) is 0 Å². The van der Waals surface area contributed by atoms with E-state index in [4.69, 9.17) is 0 Å². The molecule has 0 fully saturated rings. The third-order valence-electron chi connectivity index (χ3n) is 1.17. The third kappa shape index (κ3) is 6.03. The van der Waals surface area contributed by atoms with Gasteiger partial charge in [0, 0.05) is 13.2 Å². The smallest absolute Gasteiger partial charge is 0.250 e. The van der Waals surface area contributed by atoms with Crippen LogP contribution in [0.4, 0.5) is 0 Å². The lowest BCUT2D eigenvalue weighted by Crippen LogP contribution is -2.16. The van der Waals surface area contributed by atoms with E-state index in [2.05, 4.69) is 11.1 Å². The van der Waals surface area contributed by atoms with Gasteiger partial charge in [-0.2, -0.15) is 4.36 Å². The van der Waals surface area contributed by atoms with Crippen LogP contribution >= 0.6 is 0 Å². The molecule has 0 aliphatic rings. The van der Waals surface area contributed by atoms with Crippen LogP contribution in [0, 0.1) is 0 Å². The topological polar surface area (TPSA) is 49.5 Å². The van der Waals surface area contributed by atoms with Crippen LogP contribution in [0.25, 0.3) is 0 Å². The summed E-state index contributed by atoms with van der Waals surface area (Å²) in [6, 6.07) is 0. The Hall–Kier alpha value is -0.710. The summed E-state index contributed by atoms with van der Waals surface area (Å²) in [5.74, 6) is 0.00117. The second kappa shape index (κ2) is 4.35. The molecule has 70 valence electrons. The minimum Gasteiger partial charge on any atom is -0.272 e. The number of carbonyl (C=O) groups excluding carboxylic acids is 1. The summed E-state index contributed by atoms with van der Waals surface area (Å²) < 4.78 is 16.6. The Labute approximate surface area is 73.5 Å². The lowest BCUT2D eigenvalue weighted by molar-refractivity contribution is -0.483. The maximum absolute atomic E-state index is 11.5. The number of hydrogen-bond donors (Lipinski definition) is 0. The van der Waals surface area contributed by atoms with Crippen molar-refractivity contribution in [1.82, 2.24) is 0 Å². The number of hydrogen-bond acceptors (Lipinski definition) is 2. The van der Waals surface area contributed by atoms with Gasteiger partial charge in [-0.3, -0.25) is 4.79 Å². The van der Waals surface area contributed by atoms with E-state index in [1.54, 1.807) is 11.6 Å². The minimum absolute atomic E-state index is 0.380. The van der Waals surface area contributed by atoms with Crippen LogP contribution < -0.4 is 0 Å². The van der Waals surface area contributed by atoms with Crippen LogP contribution in [0.15, 0.2) is 4.36 Å². The molecule has 4 nitrogen and oxygen atoms in total. The van der Waals surface area contributed by atoms with Gasteiger partial charge in [0.2, 0.25) is 0 Å². The molecule has 0 rings (SSSR count). The van der Waals surface area contributed by atoms with Crippen molar-refractivity contribution in [2.24, 2.45) is 4.36 Å². The van der Waals surface area contributed by atoms with E-state index in [9.17, 15) is 9.00 Å². The Morgan fingerprint density at radius 2 is 2.17 bits per heavy atom. The van der Waals surface area contributed by atoms with Gasteiger partial charge in [0.15, 0.2) is 6.54 Å². The number of nitrogens with zero attached hydrogens (tertiary/aromatic N) is 2. The molecule has 1 amide bonds. The second-order valence-corrected chi connectivity index (χ2v) is 5.36. The molecule has 0 N–H and O–H groups in total. The lowest BCUT2D eigenvalue weighted by Gasteiger charge is -1.99. The fourth-order valence-electron chi connectivity index (χ4n) is 0.643. The van der Waals surface area contributed by atoms with Crippen molar-refractivity contribution in [3.05, 3.63) is 0 Å². The Morgan fingerprint density at radius 3 is 2.50 bits per heavy atom. The first-order valence-electron chi connectivity index (χ1n) is 3.55. The summed E-state index contributed by atoms with van der Waals surface area (Å²) in [6.07, 6.45) is 1.48. The van der Waals surface area contributed by atoms with Crippen LogP contribution in [-0.4, -0.2) is 47.0 Å². The van der Waals surface area contributed by atoms with Gasteiger partial charge in [-0.25, -0.2) is 8.78 Å². The highest BCUT2D eigenvalue weighted by Gasteiger charge is 2.05. The summed E-state index contributed by atoms with van der Waals surface area (Å²) >= 11 is 0. The predicted octanol–water partition coefficient (Wildman–Crippen LogP) is -0.0264. The molecule has 0 saturated carbocycles. The summed E-state index contributed by atoms with van der Waals surface area (Å²) in [5.41, 5.74) is 0. The fourth-order valence-corrected chi connectivity index (χ4v) is 1.93. The molecule has 0 aliphatic carbocycles. The zero-order valence-corrected chi connectivity index (χ0v) is 8.56. The molecule has 1 atom stereocenters. The van der Waals surface area contributed by atoms with Crippen molar-refractivity contribution in [3.63, 3.8) is 0 Å². The van der Waals surface area contributed by atoms with Gasteiger partial charge < -0.3 is 0 Å². The van der Waals surface area contributed by atoms with Crippen LogP contribution in [0.1, 0.15) is 6.92 Å². The average molecular weight is 191 g/mol. The summed E-state index contributed by atoms with van der Waals surface area (Å²) in [5, 5.41) is 0. The summed E-state index contributed by atoms with van der Waals surface area (Å²) in [4.78, 5) is 10.5. The molecule has 1 unspecified atom stereocenters. The van der Waals surface area contributed by atoms with Crippen molar-refractivity contribution in [2.45, 2.75) is 6.92 Å². The first-order chi connectivity index (χ1) is 5.33. The molecule has 0 aromatic rings. The quantitative estimate of drug-likeness (QED) is 0.465. The van der Waals surface area contributed by atoms with Crippen LogP contribution in [-0.2, 0) is 14.5 Å². The van der Waals surface area contributed by atoms with E-state index in [-0.39, 0.29) is 5.91 Å². The maximum Gasteiger partial charge on any atom is 0.250 e. The molecule has 0 aromatic carbocycles. The molecule has 0 aliphatic heterocycles. The van der Waals surface area contributed by atoms with Gasteiger partial charge in [-0.05, 0) is 0 Å². The van der Waals surface area contributed by atoms with E-state index in [0.29, 0.717) is 12.3 Å². The fraction of sp³-hybridized carbons (Fsp3) is 0.714. The van der Waals surface area contributed by atoms with Crippen molar-refractivity contribution in [1.29, 1.82) is 0 Å². The normalized spacial score (nSPS) is 14.9. The molecule has 0 bridgehead atoms. The van der Waals surface area contributed by atoms with E-state index >= 15 is 0 Å². The Kier molecular flexibility index (Phi) is 4.09. The molecular weight excluding hydrogens is 176 g/mol. The van der Waals surface area contributed by atoms with Gasteiger partial charge >= 0.3 is 0 Å². The van der Waals surface area contributed by atoms with Crippen LogP contribution in [0.5, 0.6) is 0 Å². The van der Waals surface area contributed by atoms with Crippen molar-refractivity contribution < 1.29 is 13.6 Å². The number of amides is 1. The third-order valence-corrected chi connectivity index (χ3v) is 2.76. The first-order valence-corrected chi connectivity index (χ1v) is 5.65. The zero-order chi connectivity index (χ0) is 9.78. The summed E-state index contributed by atoms with van der Waals surface area (Å²) in [6.45, 7) is 5.48. The van der Waals surface area contributed by atoms with E-state index < -0.39 is 9.73 Å². The number of carbonyl (C=O) groups is 1. The highest BCUT2D eigenvalue weighted by atomic mass is 32.2. The standard InChI is InChI=1S/C7H15N2O2S/c1-7(10)8-12(4,11)6-5-9(2)3/h2,5-6H2,1,3-4H3/q+1. The molecule has 0 saturated heterocycles. The van der Waals surface area contributed by atoms with Crippen molar-refractivity contribution in [3.8, 4) is 0 Å². The maximum atomic E-state index is 11.5. The predicted molar refractivity (Wildman–Crippen MR) is 50.2 cm³/mol. The Morgan fingerprint density at radius 1 is 1.67 bits per heavy atom. The molecule has 12 heavy (non-hydrogen) atoms. The van der Waals surface area contributed by atoms with Gasteiger partial charge in [-0.15, -0.1) is 0 Å². The molecule has 5 heteroatoms. The van der Waals surface area contributed by atoms with E-state index in [0.717, 1.165) is 0 Å². The van der Waals surface area contributed by atoms with E-state index in [1.165, 1.54) is 13.2 Å². The monoisotopic (exact) mass is 191 g/mol. The molecule has 0 aromatic heterocycles. The Balaban J connectivity index is 4.34. The number of rotatable bonds is 3. The lowest BCUT2D eigenvalue weighted by atomic mass is 10.7. The average Bonchev–Trinajstić information content (AvgIpc) is 1.81. The van der Waals surface area contributed by atoms with Gasteiger partial charge in [0.1, 0.15) is 13.8 Å².